The number of para-hydroxylation sites is 1. The predicted molar refractivity (Wildman–Crippen MR) is 149 cm³/mol. The molecule has 0 saturated carbocycles. The van der Waals surface area contributed by atoms with E-state index in [-0.39, 0.29) is 30.9 Å². The maximum absolute atomic E-state index is 14.4. The number of rotatable bonds is 8. The molecule has 2 aromatic carbocycles. The van der Waals surface area contributed by atoms with Crippen molar-refractivity contribution in [2.75, 3.05) is 33.4 Å². The van der Waals surface area contributed by atoms with E-state index in [1.807, 2.05) is 37.4 Å². The summed E-state index contributed by atoms with van der Waals surface area (Å²) in [7, 11) is 1.94. The minimum absolute atomic E-state index is 0.116. The summed E-state index contributed by atoms with van der Waals surface area (Å²) < 4.78 is 36.1. The van der Waals surface area contributed by atoms with Gasteiger partial charge in [0, 0.05) is 25.2 Å². The Morgan fingerprint density at radius 1 is 1.12 bits per heavy atom. The van der Waals surface area contributed by atoms with Crippen molar-refractivity contribution >= 4 is 16.9 Å². The highest BCUT2D eigenvalue weighted by atomic mass is 19.1. The highest BCUT2D eigenvalue weighted by Crippen LogP contribution is 2.37. The molecule has 1 saturated heterocycles. The summed E-state index contributed by atoms with van der Waals surface area (Å²) in [6, 6.07) is 11.5. The third-order valence-corrected chi connectivity index (χ3v) is 7.15. The number of halogens is 2. The minimum Gasteiger partial charge on any atom is -0.490 e. The van der Waals surface area contributed by atoms with Gasteiger partial charge in [0.2, 0.25) is 0 Å². The van der Waals surface area contributed by atoms with E-state index in [9.17, 15) is 18.7 Å². The number of carbonyl (C=O) groups is 1. The zero-order valence-corrected chi connectivity index (χ0v) is 22.7. The number of fused-ring (bicyclic) bond motifs is 1. The van der Waals surface area contributed by atoms with E-state index in [4.69, 9.17) is 9.72 Å². The number of nitrogens with zero attached hydrogens (tertiary/aromatic N) is 7. The standard InChI is InChI=1S/C29H28F2N8O3/c1-37-16-19(35-29(41)22-12-18(30)6-7-23(22)31)13-20(17-37)38-25-14-27(39-33-8-9-34-39)32-15-24(25)36-28(38)21-4-2-3-5-26(21)42-11-10-40/h2-9,12,14-15,19-20,40H,10-11,13,16-17H2,1H3,(H,35,41)/t19-,20+/m1/s1. The van der Waals surface area contributed by atoms with Crippen LogP contribution in [0.3, 0.4) is 0 Å². The van der Waals surface area contributed by atoms with Crippen molar-refractivity contribution in [1.82, 2.24) is 39.7 Å². The van der Waals surface area contributed by atoms with Gasteiger partial charge in [0.15, 0.2) is 5.82 Å². The van der Waals surface area contributed by atoms with Crippen LogP contribution in [0.4, 0.5) is 8.78 Å². The lowest BCUT2D eigenvalue weighted by atomic mass is 9.99. The third-order valence-electron chi connectivity index (χ3n) is 7.15. The second-order valence-corrected chi connectivity index (χ2v) is 10.1. The predicted octanol–water partition coefficient (Wildman–Crippen LogP) is 3.00. The van der Waals surface area contributed by atoms with Gasteiger partial charge >= 0.3 is 0 Å². The number of amides is 1. The molecule has 0 bridgehead atoms. The minimum atomic E-state index is -0.788. The molecule has 2 N–H and O–H groups in total. The number of aliphatic hydroxyl groups excluding tert-OH is 1. The molecule has 3 aromatic heterocycles. The molecule has 0 aliphatic carbocycles. The molecule has 1 amide bonds. The van der Waals surface area contributed by atoms with Crippen LogP contribution in [0.1, 0.15) is 22.8 Å². The Balaban J connectivity index is 1.42. The maximum Gasteiger partial charge on any atom is 0.254 e. The number of benzene rings is 2. The molecule has 1 aliphatic rings. The first kappa shape index (κ1) is 27.4. The first-order valence-electron chi connectivity index (χ1n) is 13.4. The van der Waals surface area contributed by atoms with E-state index in [0.717, 1.165) is 29.3 Å². The average molecular weight is 575 g/mol. The maximum atomic E-state index is 14.4. The van der Waals surface area contributed by atoms with Gasteiger partial charge in [-0.2, -0.15) is 10.2 Å². The molecule has 11 nitrogen and oxygen atoms in total. The number of hydrogen-bond donors (Lipinski definition) is 2. The van der Waals surface area contributed by atoms with Crippen LogP contribution in [-0.2, 0) is 0 Å². The fourth-order valence-electron chi connectivity index (χ4n) is 5.44. The second kappa shape index (κ2) is 11.6. The molecule has 5 aromatic rings. The average Bonchev–Trinajstić information content (AvgIpc) is 3.65. The van der Waals surface area contributed by atoms with Gasteiger partial charge in [-0.05, 0) is 43.8 Å². The summed E-state index contributed by atoms with van der Waals surface area (Å²) in [6.07, 6.45) is 5.27. The van der Waals surface area contributed by atoms with Crippen molar-refractivity contribution in [1.29, 1.82) is 0 Å². The van der Waals surface area contributed by atoms with Crippen LogP contribution in [0.25, 0.3) is 28.2 Å². The van der Waals surface area contributed by atoms with Gasteiger partial charge in [-0.1, -0.05) is 12.1 Å². The zero-order chi connectivity index (χ0) is 29.2. The Hall–Kier alpha value is -4.75. The van der Waals surface area contributed by atoms with Crippen molar-refractivity contribution in [3.63, 3.8) is 0 Å². The quantitative estimate of drug-likeness (QED) is 0.290. The van der Waals surface area contributed by atoms with Crippen LogP contribution >= 0.6 is 0 Å². The van der Waals surface area contributed by atoms with E-state index >= 15 is 0 Å². The summed E-state index contributed by atoms with van der Waals surface area (Å²) in [5, 5.41) is 20.7. The van der Waals surface area contributed by atoms with Crippen molar-refractivity contribution in [3.8, 4) is 23.0 Å². The van der Waals surface area contributed by atoms with Crippen LogP contribution in [-0.4, -0.2) is 84.8 Å². The first-order valence-corrected chi connectivity index (χ1v) is 13.4. The SMILES string of the molecule is CN1C[C@H](NC(=O)c2cc(F)ccc2F)C[C@H](n2c(-c3ccccc3OCCO)nc3cnc(-n4nccn4)cc32)C1. The topological polar surface area (TPSA) is 123 Å². The van der Waals surface area contributed by atoms with Crippen LogP contribution in [0.15, 0.2) is 67.1 Å². The van der Waals surface area contributed by atoms with Gasteiger partial charge in [0.25, 0.3) is 5.91 Å². The van der Waals surface area contributed by atoms with Crippen molar-refractivity contribution < 1.29 is 23.4 Å². The molecule has 6 rings (SSSR count). The highest BCUT2D eigenvalue weighted by molar-refractivity contribution is 5.94. The van der Waals surface area contributed by atoms with Gasteiger partial charge < -0.3 is 24.6 Å². The number of pyridine rings is 1. The van der Waals surface area contributed by atoms with E-state index in [0.29, 0.717) is 42.4 Å². The van der Waals surface area contributed by atoms with Crippen molar-refractivity contribution in [3.05, 3.63) is 84.3 Å². The molecule has 2 atom stereocenters. The van der Waals surface area contributed by atoms with E-state index in [1.165, 1.54) is 4.80 Å². The molecule has 13 heteroatoms. The monoisotopic (exact) mass is 574 g/mol. The summed E-state index contributed by atoms with van der Waals surface area (Å²) >= 11 is 0. The number of imidazole rings is 1. The number of aromatic nitrogens is 6. The zero-order valence-electron chi connectivity index (χ0n) is 22.7. The molecule has 0 radical (unpaired) electrons. The summed E-state index contributed by atoms with van der Waals surface area (Å²) in [5.41, 5.74) is 1.78. The number of nitrogens with one attached hydrogen (secondary N) is 1. The van der Waals surface area contributed by atoms with Crippen LogP contribution in [0.5, 0.6) is 5.75 Å². The molecule has 42 heavy (non-hydrogen) atoms. The lowest BCUT2D eigenvalue weighted by Crippen LogP contribution is -2.50. The van der Waals surface area contributed by atoms with Gasteiger partial charge in [-0.25, -0.2) is 18.7 Å². The molecular formula is C29H28F2N8O3. The molecule has 1 aliphatic heterocycles. The summed E-state index contributed by atoms with van der Waals surface area (Å²) in [6.45, 7) is 1.11. The van der Waals surface area contributed by atoms with Crippen LogP contribution in [0, 0.1) is 11.6 Å². The second-order valence-electron chi connectivity index (χ2n) is 10.1. The Morgan fingerprint density at radius 2 is 1.93 bits per heavy atom. The summed E-state index contributed by atoms with van der Waals surface area (Å²) in [4.78, 5) is 25.9. The fraction of sp³-hybridized carbons (Fsp3) is 0.276. The number of likely N-dealkylation sites (tertiary alicyclic amines) is 1. The normalized spacial score (nSPS) is 17.4. The van der Waals surface area contributed by atoms with E-state index in [2.05, 4.69) is 30.0 Å². The fourth-order valence-corrected chi connectivity index (χ4v) is 5.44. The number of carbonyl (C=O) groups excluding carboxylic acids is 1. The molecule has 0 unspecified atom stereocenters. The number of hydrogen-bond acceptors (Lipinski definition) is 8. The summed E-state index contributed by atoms with van der Waals surface area (Å²) in [5.74, 6) is -0.480. The number of likely N-dealkylation sites (N-methyl/N-ethyl adjacent to an activating group) is 1. The van der Waals surface area contributed by atoms with Gasteiger partial charge in [-0.15, -0.1) is 4.80 Å². The number of ether oxygens (including phenoxy) is 1. The molecule has 4 heterocycles. The highest BCUT2D eigenvalue weighted by Gasteiger charge is 2.32. The van der Waals surface area contributed by atoms with Gasteiger partial charge in [0.1, 0.15) is 35.3 Å². The Bertz CT molecular complexity index is 1730. The Labute approximate surface area is 239 Å². The van der Waals surface area contributed by atoms with Crippen molar-refractivity contribution in [2.45, 2.75) is 18.5 Å². The van der Waals surface area contributed by atoms with E-state index in [1.54, 1.807) is 18.6 Å². The third kappa shape index (κ3) is 5.43. The number of aliphatic hydroxyl groups is 1. The molecule has 1 fully saturated rings. The molecule has 0 spiro atoms. The molecule has 216 valence electrons. The smallest absolute Gasteiger partial charge is 0.254 e. The van der Waals surface area contributed by atoms with E-state index < -0.39 is 17.5 Å². The lowest BCUT2D eigenvalue weighted by molar-refractivity contribution is 0.0889. The van der Waals surface area contributed by atoms with Gasteiger partial charge in [-0.3, -0.25) is 4.79 Å². The van der Waals surface area contributed by atoms with Crippen LogP contribution < -0.4 is 10.1 Å². The van der Waals surface area contributed by atoms with Gasteiger partial charge in [0.05, 0.1) is 47.9 Å². The Morgan fingerprint density at radius 3 is 2.74 bits per heavy atom. The first-order chi connectivity index (χ1) is 20.4. The Kier molecular flexibility index (Phi) is 7.59. The molecular weight excluding hydrogens is 546 g/mol. The lowest BCUT2D eigenvalue weighted by Gasteiger charge is -2.37. The largest absolute Gasteiger partial charge is 0.490 e. The van der Waals surface area contributed by atoms with Crippen LogP contribution in [0.2, 0.25) is 0 Å². The number of piperidine rings is 1. The van der Waals surface area contributed by atoms with Crippen molar-refractivity contribution in [2.24, 2.45) is 0 Å².